The summed E-state index contributed by atoms with van der Waals surface area (Å²) in [5, 5.41) is 9.37. The molecule has 1 aliphatic rings. The van der Waals surface area contributed by atoms with Crippen LogP contribution in [0.15, 0.2) is 15.9 Å². The number of hydrogen-bond acceptors (Lipinski definition) is 3. The Bertz CT molecular complexity index is 348. The molecule has 2 atom stereocenters. The number of aliphatic hydroxyl groups excluding tert-OH is 1. The highest BCUT2D eigenvalue weighted by Gasteiger charge is 2.64. The SMILES string of the molecule is CC1(c2ccc(Br)s2)CC1(CN)CO. The van der Waals surface area contributed by atoms with Crippen LogP contribution in [0.25, 0.3) is 0 Å². The summed E-state index contributed by atoms with van der Waals surface area (Å²) in [5.74, 6) is 0. The number of halogens is 1. The van der Waals surface area contributed by atoms with Gasteiger partial charge in [-0.05, 0) is 34.5 Å². The highest BCUT2D eigenvalue weighted by atomic mass is 79.9. The lowest BCUT2D eigenvalue weighted by Gasteiger charge is -2.17. The molecule has 0 aliphatic heterocycles. The highest BCUT2D eigenvalue weighted by molar-refractivity contribution is 9.11. The van der Waals surface area contributed by atoms with Crippen LogP contribution in [0, 0.1) is 5.41 Å². The average molecular weight is 276 g/mol. The van der Waals surface area contributed by atoms with Gasteiger partial charge in [0, 0.05) is 22.3 Å². The smallest absolute Gasteiger partial charge is 0.0701 e. The van der Waals surface area contributed by atoms with Crippen molar-refractivity contribution >= 4 is 27.3 Å². The second-order valence-corrected chi connectivity index (χ2v) is 6.72. The summed E-state index contributed by atoms with van der Waals surface area (Å²) in [7, 11) is 0. The van der Waals surface area contributed by atoms with Crippen LogP contribution in [0.1, 0.15) is 18.2 Å². The van der Waals surface area contributed by atoms with E-state index in [-0.39, 0.29) is 17.4 Å². The lowest BCUT2D eigenvalue weighted by atomic mass is 9.94. The predicted molar refractivity (Wildman–Crippen MR) is 62.6 cm³/mol. The molecule has 2 unspecified atom stereocenters. The second kappa shape index (κ2) is 3.30. The van der Waals surface area contributed by atoms with Crippen molar-refractivity contribution in [3.63, 3.8) is 0 Å². The van der Waals surface area contributed by atoms with Gasteiger partial charge in [-0.3, -0.25) is 0 Å². The van der Waals surface area contributed by atoms with E-state index in [2.05, 4.69) is 35.0 Å². The van der Waals surface area contributed by atoms with Crippen LogP contribution in [-0.2, 0) is 5.41 Å². The Morgan fingerprint density at radius 2 is 2.36 bits per heavy atom. The van der Waals surface area contributed by atoms with Crippen LogP contribution in [0.3, 0.4) is 0 Å². The van der Waals surface area contributed by atoms with Gasteiger partial charge in [0.15, 0.2) is 0 Å². The Morgan fingerprint density at radius 1 is 1.64 bits per heavy atom. The van der Waals surface area contributed by atoms with Crippen molar-refractivity contribution in [2.45, 2.75) is 18.8 Å². The summed E-state index contributed by atoms with van der Waals surface area (Å²) in [6.45, 7) is 2.94. The lowest BCUT2D eigenvalue weighted by molar-refractivity contribution is 0.199. The van der Waals surface area contributed by atoms with Crippen LogP contribution >= 0.6 is 27.3 Å². The van der Waals surface area contributed by atoms with E-state index in [0.29, 0.717) is 6.54 Å². The third kappa shape index (κ3) is 1.28. The van der Waals surface area contributed by atoms with Gasteiger partial charge in [-0.1, -0.05) is 6.92 Å². The van der Waals surface area contributed by atoms with Crippen molar-refractivity contribution in [2.75, 3.05) is 13.2 Å². The first-order valence-corrected chi connectivity index (χ1v) is 6.26. The normalized spacial score (nSPS) is 36.0. The molecule has 14 heavy (non-hydrogen) atoms. The highest BCUT2D eigenvalue weighted by Crippen LogP contribution is 2.64. The minimum absolute atomic E-state index is 0.0721. The third-order valence-electron chi connectivity index (χ3n) is 3.55. The Kier molecular flexibility index (Phi) is 2.50. The van der Waals surface area contributed by atoms with Crippen LogP contribution in [0.4, 0.5) is 0 Å². The minimum atomic E-state index is -0.0721. The molecule has 2 nitrogen and oxygen atoms in total. The fourth-order valence-corrected chi connectivity index (χ4v) is 3.84. The first-order chi connectivity index (χ1) is 6.58. The summed E-state index contributed by atoms with van der Waals surface area (Å²) in [6, 6.07) is 4.18. The third-order valence-corrected chi connectivity index (χ3v) is 5.44. The fraction of sp³-hybridized carbons (Fsp3) is 0.600. The Hall–Kier alpha value is 0.1000. The summed E-state index contributed by atoms with van der Waals surface area (Å²) in [4.78, 5) is 1.32. The second-order valence-electron chi connectivity index (χ2n) is 4.26. The zero-order valence-electron chi connectivity index (χ0n) is 8.09. The van der Waals surface area contributed by atoms with E-state index in [1.165, 1.54) is 4.88 Å². The Labute approximate surface area is 96.3 Å². The first-order valence-electron chi connectivity index (χ1n) is 4.65. The number of thiophene rings is 1. The van der Waals surface area contributed by atoms with Gasteiger partial charge < -0.3 is 10.8 Å². The molecule has 3 N–H and O–H groups in total. The van der Waals surface area contributed by atoms with E-state index in [0.717, 1.165) is 10.2 Å². The molecule has 1 aliphatic carbocycles. The monoisotopic (exact) mass is 275 g/mol. The zero-order chi connectivity index (χ0) is 10.4. The summed E-state index contributed by atoms with van der Waals surface area (Å²) < 4.78 is 1.14. The molecule has 0 spiro atoms. The van der Waals surface area contributed by atoms with E-state index < -0.39 is 0 Å². The number of aliphatic hydroxyl groups is 1. The predicted octanol–water partition coefficient (Wildman–Crippen LogP) is 2.11. The maximum Gasteiger partial charge on any atom is 0.0701 e. The van der Waals surface area contributed by atoms with Gasteiger partial charge in [-0.25, -0.2) is 0 Å². The molecule has 1 fully saturated rings. The largest absolute Gasteiger partial charge is 0.396 e. The van der Waals surface area contributed by atoms with Gasteiger partial charge in [0.2, 0.25) is 0 Å². The molecule has 1 aromatic heterocycles. The summed E-state index contributed by atoms with van der Waals surface area (Å²) >= 11 is 5.20. The van der Waals surface area contributed by atoms with E-state index in [9.17, 15) is 5.11 Å². The first kappa shape index (κ1) is 10.6. The summed E-state index contributed by atoms with van der Waals surface area (Å²) in [5.41, 5.74) is 5.75. The molecule has 0 saturated heterocycles. The Morgan fingerprint density at radius 3 is 2.71 bits per heavy atom. The number of nitrogens with two attached hydrogens (primary N) is 1. The maximum atomic E-state index is 9.37. The molecule has 1 saturated carbocycles. The van der Waals surface area contributed by atoms with Crippen molar-refractivity contribution in [2.24, 2.45) is 11.1 Å². The molecule has 2 rings (SSSR count). The standard InChI is InChI=1S/C10H14BrNOS/c1-9(4-10(9,5-12)6-13)7-2-3-8(11)14-7/h2-3,13H,4-6,12H2,1H3. The fourth-order valence-electron chi connectivity index (χ4n) is 2.18. The van der Waals surface area contributed by atoms with Gasteiger partial charge in [0.25, 0.3) is 0 Å². The van der Waals surface area contributed by atoms with Gasteiger partial charge in [0.05, 0.1) is 10.4 Å². The van der Waals surface area contributed by atoms with Crippen molar-refractivity contribution in [3.05, 3.63) is 20.8 Å². The van der Waals surface area contributed by atoms with Crippen LogP contribution in [-0.4, -0.2) is 18.3 Å². The molecular weight excluding hydrogens is 262 g/mol. The molecule has 78 valence electrons. The molecule has 0 radical (unpaired) electrons. The molecule has 0 aromatic carbocycles. The summed E-state index contributed by atoms with van der Waals surface area (Å²) in [6.07, 6.45) is 1.000. The lowest BCUT2D eigenvalue weighted by Crippen LogP contribution is -2.27. The quantitative estimate of drug-likeness (QED) is 0.888. The van der Waals surface area contributed by atoms with Crippen LogP contribution < -0.4 is 5.73 Å². The van der Waals surface area contributed by atoms with E-state index in [4.69, 9.17) is 5.73 Å². The van der Waals surface area contributed by atoms with Crippen molar-refractivity contribution in [1.29, 1.82) is 0 Å². The zero-order valence-corrected chi connectivity index (χ0v) is 10.5. The van der Waals surface area contributed by atoms with E-state index >= 15 is 0 Å². The topological polar surface area (TPSA) is 46.2 Å². The molecule has 4 heteroatoms. The minimum Gasteiger partial charge on any atom is -0.396 e. The van der Waals surface area contributed by atoms with Crippen molar-refractivity contribution < 1.29 is 5.11 Å². The van der Waals surface area contributed by atoms with E-state index in [1.807, 2.05) is 0 Å². The van der Waals surface area contributed by atoms with Gasteiger partial charge in [0.1, 0.15) is 0 Å². The van der Waals surface area contributed by atoms with Crippen LogP contribution in [0.5, 0.6) is 0 Å². The van der Waals surface area contributed by atoms with Crippen molar-refractivity contribution in [1.82, 2.24) is 0 Å². The van der Waals surface area contributed by atoms with Gasteiger partial charge in [-0.15, -0.1) is 11.3 Å². The molecule has 0 amide bonds. The van der Waals surface area contributed by atoms with Crippen molar-refractivity contribution in [3.8, 4) is 0 Å². The number of rotatable bonds is 3. The average Bonchev–Trinajstić information content (AvgIpc) is 2.54. The molecule has 1 heterocycles. The number of hydrogen-bond donors (Lipinski definition) is 2. The molecule has 0 bridgehead atoms. The van der Waals surface area contributed by atoms with Gasteiger partial charge in [-0.2, -0.15) is 0 Å². The van der Waals surface area contributed by atoms with E-state index in [1.54, 1.807) is 11.3 Å². The molecule has 1 aromatic rings. The van der Waals surface area contributed by atoms with Crippen LogP contribution in [0.2, 0.25) is 0 Å². The van der Waals surface area contributed by atoms with Gasteiger partial charge >= 0.3 is 0 Å². The maximum absolute atomic E-state index is 9.37. The molecular formula is C10H14BrNOS. The Balaban J connectivity index is 2.29.